The molecule has 2 heteroatoms. The summed E-state index contributed by atoms with van der Waals surface area (Å²) in [6, 6.07) is 7.83. The van der Waals surface area contributed by atoms with Crippen molar-refractivity contribution in [3.63, 3.8) is 0 Å². The van der Waals surface area contributed by atoms with Gasteiger partial charge in [-0.2, -0.15) is 0 Å². The van der Waals surface area contributed by atoms with Crippen LogP contribution in [0.15, 0.2) is 41.5 Å². The van der Waals surface area contributed by atoms with Crippen LogP contribution in [-0.2, 0) is 4.79 Å². The smallest absolute Gasteiger partial charge is 0.193 e. The molecule has 0 bridgehead atoms. The van der Waals surface area contributed by atoms with E-state index < -0.39 is 0 Å². The Bertz CT molecular complexity index is 541. The molecule has 78 valence electrons. The van der Waals surface area contributed by atoms with Crippen molar-refractivity contribution >= 4 is 11.5 Å². The minimum Gasteiger partial charge on any atom is -0.291 e. The molecule has 0 N–H and O–H groups in total. The van der Waals surface area contributed by atoms with E-state index in [9.17, 15) is 4.79 Å². The number of carbonyl (C=O) groups excluding carboxylic acids is 1. The van der Waals surface area contributed by atoms with Crippen LogP contribution in [0.2, 0.25) is 0 Å². The first-order chi connectivity index (χ1) is 7.77. The Hall–Kier alpha value is -2.14. The van der Waals surface area contributed by atoms with Crippen LogP contribution >= 0.6 is 0 Å². The van der Waals surface area contributed by atoms with Gasteiger partial charge >= 0.3 is 0 Å². The molecule has 0 saturated carbocycles. The summed E-state index contributed by atoms with van der Waals surface area (Å²) >= 11 is 0. The molecule has 2 rings (SSSR count). The highest BCUT2D eigenvalue weighted by molar-refractivity contribution is 6.47. The van der Waals surface area contributed by atoms with E-state index in [0.29, 0.717) is 12.1 Å². The SMILES string of the molecule is Cc1ccccc1C#CC1=NC=CCC1=O. The second-order valence-corrected chi connectivity index (χ2v) is 3.55. The van der Waals surface area contributed by atoms with E-state index >= 15 is 0 Å². The van der Waals surface area contributed by atoms with Crippen LogP contribution in [0, 0.1) is 18.8 Å². The number of aliphatic imine (C=N–C) groups is 1. The monoisotopic (exact) mass is 209 g/mol. The van der Waals surface area contributed by atoms with Gasteiger partial charge in [-0.3, -0.25) is 4.79 Å². The second kappa shape index (κ2) is 4.59. The second-order valence-electron chi connectivity index (χ2n) is 3.55. The average molecular weight is 209 g/mol. The van der Waals surface area contributed by atoms with Crippen molar-refractivity contribution in [2.24, 2.45) is 4.99 Å². The van der Waals surface area contributed by atoms with Crippen LogP contribution in [0.25, 0.3) is 0 Å². The van der Waals surface area contributed by atoms with Crippen LogP contribution < -0.4 is 0 Å². The van der Waals surface area contributed by atoms with Gasteiger partial charge in [0.05, 0.1) is 0 Å². The van der Waals surface area contributed by atoms with Crippen LogP contribution in [0.3, 0.4) is 0 Å². The first-order valence-electron chi connectivity index (χ1n) is 5.11. The molecule has 0 unspecified atom stereocenters. The van der Waals surface area contributed by atoms with Gasteiger partial charge in [0.1, 0.15) is 0 Å². The molecular formula is C14H11NO. The third kappa shape index (κ3) is 2.26. The molecule has 16 heavy (non-hydrogen) atoms. The number of rotatable bonds is 0. The van der Waals surface area contributed by atoms with Crippen LogP contribution in [0.5, 0.6) is 0 Å². The standard InChI is InChI=1S/C14H11NO/c1-11-5-2-3-6-12(11)8-9-13-14(16)7-4-10-15-13/h2-6,10H,7H2,1H3. The number of ketones is 1. The predicted octanol–water partition coefficient (Wildman–Crippen LogP) is 2.27. The topological polar surface area (TPSA) is 29.4 Å². The lowest BCUT2D eigenvalue weighted by atomic mass is 10.1. The summed E-state index contributed by atoms with van der Waals surface area (Å²) in [7, 11) is 0. The largest absolute Gasteiger partial charge is 0.291 e. The molecule has 1 aromatic rings. The first-order valence-corrected chi connectivity index (χ1v) is 5.11. The maximum Gasteiger partial charge on any atom is 0.193 e. The van der Waals surface area contributed by atoms with Crippen LogP contribution in [-0.4, -0.2) is 11.5 Å². The van der Waals surface area contributed by atoms with E-state index in [-0.39, 0.29) is 5.78 Å². The third-order valence-corrected chi connectivity index (χ3v) is 2.34. The van der Waals surface area contributed by atoms with Gasteiger partial charge in [0.25, 0.3) is 0 Å². The van der Waals surface area contributed by atoms with E-state index in [2.05, 4.69) is 16.8 Å². The Kier molecular flexibility index (Phi) is 2.98. The average Bonchev–Trinajstić information content (AvgIpc) is 2.30. The number of allylic oxidation sites excluding steroid dienone is 1. The number of benzene rings is 1. The molecule has 0 spiro atoms. The fraction of sp³-hybridized carbons (Fsp3) is 0.143. The highest BCUT2D eigenvalue weighted by Gasteiger charge is 2.08. The molecule has 0 atom stereocenters. The summed E-state index contributed by atoms with van der Waals surface area (Å²) in [5, 5.41) is 0. The van der Waals surface area contributed by atoms with Crippen molar-refractivity contribution in [3.8, 4) is 11.8 Å². The first kappa shape index (κ1) is 10.4. The van der Waals surface area contributed by atoms with Crippen molar-refractivity contribution in [3.05, 3.63) is 47.7 Å². The van der Waals surface area contributed by atoms with Gasteiger partial charge in [-0.15, -0.1) is 0 Å². The Morgan fingerprint density at radius 1 is 1.25 bits per heavy atom. The molecule has 1 aliphatic heterocycles. The molecule has 1 heterocycles. The highest BCUT2D eigenvalue weighted by Crippen LogP contribution is 2.05. The van der Waals surface area contributed by atoms with Gasteiger partial charge in [-0.25, -0.2) is 4.99 Å². The molecule has 0 aliphatic carbocycles. The molecule has 0 saturated heterocycles. The zero-order valence-electron chi connectivity index (χ0n) is 9.03. The number of hydrogen-bond acceptors (Lipinski definition) is 2. The zero-order valence-corrected chi connectivity index (χ0v) is 9.03. The minimum absolute atomic E-state index is 0.0106. The zero-order chi connectivity index (χ0) is 11.4. The van der Waals surface area contributed by atoms with Crippen molar-refractivity contribution in [1.82, 2.24) is 0 Å². The van der Waals surface area contributed by atoms with Crippen LogP contribution in [0.4, 0.5) is 0 Å². The molecule has 1 aliphatic rings. The molecule has 0 aromatic heterocycles. The Morgan fingerprint density at radius 3 is 2.81 bits per heavy atom. The summed E-state index contributed by atoms with van der Waals surface area (Å²) in [6.07, 6.45) is 3.77. The molecule has 0 radical (unpaired) electrons. The summed E-state index contributed by atoms with van der Waals surface area (Å²) in [4.78, 5) is 15.4. The Balaban J connectivity index is 2.29. The lowest BCUT2D eigenvalue weighted by Gasteiger charge is -1.99. The van der Waals surface area contributed by atoms with Crippen LogP contribution in [0.1, 0.15) is 17.5 Å². The quantitative estimate of drug-likeness (QED) is 0.603. The van der Waals surface area contributed by atoms with Crippen molar-refractivity contribution in [2.45, 2.75) is 13.3 Å². The number of carbonyl (C=O) groups is 1. The molecular weight excluding hydrogens is 198 g/mol. The van der Waals surface area contributed by atoms with Crippen molar-refractivity contribution < 1.29 is 4.79 Å². The Morgan fingerprint density at radius 2 is 2.06 bits per heavy atom. The maximum atomic E-state index is 11.4. The van der Waals surface area contributed by atoms with E-state index in [4.69, 9.17) is 0 Å². The minimum atomic E-state index is -0.0106. The maximum absolute atomic E-state index is 11.4. The van der Waals surface area contributed by atoms with Gasteiger partial charge in [0, 0.05) is 18.2 Å². The molecule has 0 amide bonds. The Labute approximate surface area is 94.7 Å². The van der Waals surface area contributed by atoms with E-state index in [1.807, 2.05) is 31.2 Å². The third-order valence-electron chi connectivity index (χ3n) is 2.34. The molecule has 2 nitrogen and oxygen atoms in total. The summed E-state index contributed by atoms with van der Waals surface area (Å²) in [5.41, 5.74) is 2.40. The van der Waals surface area contributed by atoms with Gasteiger partial charge in [0.15, 0.2) is 11.5 Å². The van der Waals surface area contributed by atoms with Gasteiger partial charge in [-0.05, 0) is 24.5 Å². The predicted molar refractivity (Wildman–Crippen MR) is 64.3 cm³/mol. The van der Waals surface area contributed by atoms with E-state index in [1.165, 1.54) is 0 Å². The number of hydrogen-bond donors (Lipinski definition) is 0. The lowest BCUT2D eigenvalue weighted by molar-refractivity contribution is -0.112. The van der Waals surface area contributed by atoms with E-state index in [1.54, 1.807) is 12.3 Å². The van der Waals surface area contributed by atoms with Crippen molar-refractivity contribution in [1.29, 1.82) is 0 Å². The summed E-state index contributed by atoms with van der Waals surface area (Å²) in [5.74, 6) is 5.79. The normalized spacial score (nSPS) is 14.1. The summed E-state index contributed by atoms with van der Waals surface area (Å²) < 4.78 is 0. The number of aryl methyl sites for hydroxylation is 1. The van der Waals surface area contributed by atoms with Gasteiger partial charge < -0.3 is 0 Å². The highest BCUT2D eigenvalue weighted by atomic mass is 16.1. The van der Waals surface area contributed by atoms with Gasteiger partial charge in [0.2, 0.25) is 0 Å². The molecule has 1 aromatic carbocycles. The molecule has 0 fully saturated rings. The van der Waals surface area contributed by atoms with E-state index in [0.717, 1.165) is 11.1 Å². The number of Topliss-reactive ketones (excluding diaryl/α,β-unsaturated/α-hetero) is 1. The lowest BCUT2D eigenvalue weighted by Crippen LogP contribution is -2.12. The number of nitrogens with zero attached hydrogens (tertiary/aromatic N) is 1. The fourth-order valence-electron chi connectivity index (χ4n) is 1.40. The fourth-order valence-corrected chi connectivity index (χ4v) is 1.40. The summed E-state index contributed by atoms with van der Waals surface area (Å²) in [6.45, 7) is 1.99. The van der Waals surface area contributed by atoms with Crippen molar-refractivity contribution in [2.75, 3.05) is 0 Å². The van der Waals surface area contributed by atoms with Gasteiger partial charge in [-0.1, -0.05) is 30.2 Å².